The van der Waals surface area contributed by atoms with E-state index >= 15 is 0 Å². The lowest BCUT2D eigenvalue weighted by molar-refractivity contribution is 0.528. The summed E-state index contributed by atoms with van der Waals surface area (Å²) in [6, 6.07) is 1.34. The summed E-state index contributed by atoms with van der Waals surface area (Å²) in [5, 5.41) is 8.04. The van der Waals surface area contributed by atoms with Crippen LogP contribution in [0.5, 0.6) is 0 Å². The van der Waals surface area contributed by atoms with Gasteiger partial charge in [-0.3, -0.25) is 4.79 Å². The largest absolute Gasteiger partial charge is 0.397 e. The second kappa shape index (κ2) is 4.77. The number of aryl methyl sites for hydroxylation is 1. The molecule has 17 heavy (non-hydrogen) atoms. The van der Waals surface area contributed by atoms with Crippen molar-refractivity contribution in [2.75, 3.05) is 5.73 Å². The van der Waals surface area contributed by atoms with Crippen molar-refractivity contribution in [1.29, 1.82) is 0 Å². The molecule has 2 N–H and O–H groups in total. The average Bonchev–Trinajstić information content (AvgIpc) is 2.71. The van der Waals surface area contributed by atoms with Crippen molar-refractivity contribution in [2.24, 2.45) is 0 Å². The van der Waals surface area contributed by atoms with Crippen molar-refractivity contribution in [3.63, 3.8) is 0 Å². The first-order valence-electron chi connectivity index (χ1n) is 5.40. The number of nitrogen functional groups attached to an aromatic ring is 1. The highest BCUT2D eigenvalue weighted by Gasteiger charge is 2.06. The molecule has 0 aliphatic heterocycles. The number of hydrogen-bond donors (Lipinski definition) is 1. The minimum absolute atomic E-state index is 0.240. The summed E-state index contributed by atoms with van der Waals surface area (Å²) in [5.74, 6) is 0.714. The Morgan fingerprint density at radius 1 is 1.35 bits per heavy atom. The van der Waals surface area contributed by atoms with Crippen LogP contribution < -0.4 is 11.3 Å². The maximum atomic E-state index is 11.6. The van der Waals surface area contributed by atoms with Gasteiger partial charge < -0.3 is 5.73 Å². The normalized spacial score (nSPS) is 10.6. The Morgan fingerprint density at radius 3 is 2.88 bits per heavy atom. The van der Waals surface area contributed by atoms with Gasteiger partial charge in [-0.05, 0) is 6.42 Å². The summed E-state index contributed by atoms with van der Waals surface area (Å²) < 4.78 is 3.08. The molecule has 0 saturated heterocycles. The summed E-state index contributed by atoms with van der Waals surface area (Å²) in [5.41, 5.74) is 5.59. The zero-order valence-corrected chi connectivity index (χ0v) is 9.58. The topological polar surface area (TPSA) is 91.6 Å². The highest BCUT2D eigenvalue weighted by molar-refractivity contribution is 5.31. The van der Waals surface area contributed by atoms with Crippen LogP contribution in [0.4, 0.5) is 5.69 Å². The predicted octanol–water partition coefficient (Wildman–Crippen LogP) is -0.125. The number of hydrogen-bond acceptors (Lipinski definition) is 5. The molecule has 7 nitrogen and oxygen atoms in total. The molecule has 90 valence electrons. The molecule has 2 heterocycles. The monoisotopic (exact) mass is 234 g/mol. The molecule has 0 fully saturated rings. The zero-order chi connectivity index (χ0) is 12.3. The van der Waals surface area contributed by atoms with Gasteiger partial charge in [0.05, 0.1) is 11.9 Å². The van der Waals surface area contributed by atoms with Crippen molar-refractivity contribution < 1.29 is 0 Å². The van der Waals surface area contributed by atoms with Gasteiger partial charge in [0, 0.05) is 12.6 Å². The van der Waals surface area contributed by atoms with Gasteiger partial charge in [0.1, 0.15) is 18.7 Å². The van der Waals surface area contributed by atoms with Crippen LogP contribution in [0, 0.1) is 0 Å². The van der Waals surface area contributed by atoms with Crippen LogP contribution in [0.25, 0.3) is 0 Å². The summed E-state index contributed by atoms with van der Waals surface area (Å²) in [6.45, 7) is 3.14. The number of rotatable bonds is 4. The third-order valence-electron chi connectivity index (χ3n) is 2.31. The molecule has 2 aromatic heterocycles. The van der Waals surface area contributed by atoms with Crippen molar-refractivity contribution >= 4 is 5.69 Å². The maximum absolute atomic E-state index is 11.6. The number of nitrogens with zero attached hydrogens (tertiary/aromatic N) is 5. The lowest BCUT2D eigenvalue weighted by Gasteiger charge is -2.05. The van der Waals surface area contributed by atoms with Gasteiger partial charge in [-0.25, -0.2) is 14.3 Å². The molecule has 7 heteroatoms. The molecule has 2 rings (SSSR count). The molecule has 0 bridgehead atoms. The molecular weight excluding hydrogens is 220 g/mol. The molecule has 0 unspecified atom stereocenters. The van der Waals surface area contributed by atoms with Gasteiger partial charge in [0.2, 0.25) is 0 Å². The van der Waals surface area contributed by atoms with Gasteiger partial charge in [0.25, 0.3) is 5.56 Å². The fourth-order valence-electron chi connectivity index (χ4n) is 1.51. The van der Waals surface area contributed by atoms with Crippen molar-refractivity contribution in [3.8, 4) is 0 Å². The number of nitrogens with two attached hydrogens (primary N) is 1. The van der Waals surface area contributed by atoms with E-state index < -0.39 is 0 Å². The average molecular weight is 234 g/mol. The maximum Gasteiger partial charge on any atom is 0.269 e. The fourth-order valence-corrected chi connectivity index (χ4v) is 1.51. The van der Waals surface area contributed by atoms with Gasteiger partial charge in [-0.2, -0.15) is 10.2 Å². The Morgan fingerprint density at radius 2 is 2.18 bits per heavy atom. The first-order valence-corrected chi connectivity index (χ1v) is 5.40. The van der Waals surface area contributed by atoms with E-state index in [1.165, 1.54) is 23.3 Å². The SMILES string of the molecule is CCCn1ncnc1Cn1ncc(N)cc1=O. The number of anilines is 1. The van der Waals surface area contributed by atoms with Crippen LogP contribution in [-0.2, 0) is 13.1 Å². The molecule has 0 aromatic carbocycles. The summed E-state index contributed by atoms with van der Waals surface area (Å²) in [7, 11) is 0. The van der Waals surface area contributed by atoms with E-state index in [0.29, 0.717) is 18.1 Å². The molecular formula is C10H14N6O. The summed E-state index contributed by atoms with van der Waals surface area (Å²) in [4.78, 5) is 15.7. The van der Waals surface area contributed by atoms with Crippen LogP contribution >= 0.6 is 0 Å². The van der Waals surface area contributed by atoms with Crippen molar-refractivity contribution in [3.05, 3.63) is 34.8 Å². The highest BCUT2D eigenvalue weighted by Crippen LogP contribution is 1.98. The van der Waals surface area contributed by atoms with E-state index in [0.717, 1.165) is 13.0 Å². The lowest BCUT2D eigenvalue weighted by atomic mass is 10.4. The van der Waals surface area contributed by atoms with E-state index in [9.17, 15) is 4.79 Å². The Labute approximate surface area is 97.9 Å². The fraction of sp³-hybridized carbons (Fsp3) is 0.400. The molecule has 0 aliphatic carbocycles. The van der Waals surface area contributed by atoms with Crippen LogP contribution in [0.15, 0.2) is 23.4 Å². The lowest BCUT2D eigenvalue weighted by Crippen LogP contribution is -2.24. The zero-order valence-electron chi connectivity index (χ0n) is 9.58. The van der Waals surface area contributed by atoms with Crippen molar-refractivity contribution in [2.45, 2.75) is 26.4 Å². The van der Waals surface area contributed by atoms with Crippen LogP contribution in [0.3, 0.4) is 0 Å². The minimum atomic E-state index is -0.240. The van der Waals surface area contributed by atoms with Gasteiger partial charge in [0.15, 0.2) is 0 Å². The van der Waals surface area contributed by atoms with Gasteiger partial charge in [-0.1, -0.05) is 6.92 Å². The molecule has 0 radical (unpaired) electrons. The van der Waals surface area contributed by atoms with E-state index in [4.69, 9.17) is 5.73 Å². The minimum Gasteiger partial charge on any atom is -0.397 e. The van der Waals surface area contributed by atoms with Crippen LogP contribution in [0.2, 0.25) is 0 Å². The van der Waals surface area contributed by atoms with Crippen LogP contribution in [0.1, 0.15) is 19.2 Å². The Kier molecular flexibility index (Phi) is 3.17. The third kappa shape index (κ3) is 2.49. The molecule has 0 amide bonds. The second-order valence-corrected chi connectivity index (χ2v) is 3.68. The molecule has 0 saturated carbocycles. The summed E-state index contributed by atoms with van der Waals surface area (Å²) >= 11 is 0. The van der Waals surface area contributed by atoms with Crippen LogP contribution in [-0.4, -0.2) is 24.5 Å². The summed E-state index contributed by atoms with van der Waals surface area (Å²) in [6.07, 6.45) is 3.88. The smallest absolute Gasteiger partial charge is 0.269 e. The molecule has 0 spiro atoms. The van der Waals surface area contributed by atoms with E-state index in [2.05, 4.69) is 22.1 Å². The quantitative estimate of drug-likeness (QED) is 0.796. The van der Waals surface area contributed by atoms with Crippen molar-refractivity contribution in [1.82, 2.24) is 24.5 Å². The second-order valence-electron chi connectivity index (χ2n) is 3.68. The Hall–Kier alpha value is -2.18. The molecule has 0 aliphatic rings. The predicted molar refractivity (Wildman–Crippen MR) is 62.3 cm³/mol. The first kappa shape index (κ1) is 11.3. The Bertz CT molecular complexity index is 558. The highest BCUT2D eigenvalue weighted by atomic mass is 16.1. The molecule has 2 aromatic rings. The first-order chi connectivity index (χ1) is 8.20. The number of aromatic nitrogens is 5. The third-order valence-corrected chi connectivity index (χ3v) is 2.31. The van der Waals surface area contributed by atoms with E-state index in [-0.39, 0.29) is 5.56 Å². The molecule has 0 atom stereocenters. The standard InChI is InChI=1S/C10H14N6O/c1-2-3-15-9(12-7-14-15)6-16-10(17)4-8(11)5-13-16/h4-5,7H,2-3,6,11H2,1H3. The van der Waals surface area contributed by atoms with E-state index in [1.807, 2.05) is 0 Å². The van der Waals surface area contributed by atoms with Gasteiger partial charge >= 0.3 is 0 Å². The Balaban J connectivity index is 2.25. The van der Waals surface area contributed by atoms with Gasteiger partial charge in [-0.15, -0.1) is 0 Å². The van der Waals surface area contributed by atoms with E-state index in [1.54, 1.807) is 4.68 Å².